The van der Waals surface area contributed by atoms with Crippen LogP contribution in [0, 0.1) is 13.8 Å². The lowest BCUT2D eigenvalue weighted by Gasteiger charge is -2.26. The number of carbonyl (C=O) groups excluding carboxylic acids is 1. The Morgan fingerprint density at radius 3 is 2.79 bits per heavy atom. The van der Waals surface area contributed by atoms with E-state index >= 15 is 0 Å². The van der Waals surface area contributed by atoms with Gasteiger partial charge in [0.2, 0.25) is 5.88 Å². The number of hydrogen-bond donors (Lipinski definition) is 0. The number of carbonyl (C=O) groups is 1. The predicted molar refractivity (Wildman–Crippen MR) is 104 cm³/mol. The number of aromatic nitrogens is 3. The van der Waals surface area contributed by atoms with Gasteiger partial charge in [-0.2, -0.15) is 0 Å². The zero-order valence-electron chi connectivity index (χ0n) is 16.5. The lowest BCUT2D eigenvalue weighted by Crippen LogP contribution is -2.35. The molecule has 0 bridgehead atoms. The van der Waals surface area contributed by atoms with Gasteiger partial charge in [-0.1, -0.05) is 0 Å². The lowest BCUT2D eigenvalue weighted by molar-refractivity contribution is 0.0473. The van der Waals surface area contributed by atoms with Gasteiger partial charge < -0.3 is 19.3 Å². The molecule has 0 radical (unpaired) electrons. The van der Waals surface area contributed by atoms with Crippen molar-refractivity contribution < 1.29 is 14.3 Å². The third kappa shape index (κ3) is 3.46. The van der Waals surface area contributed by atoms with Crippen LogP contribution < -0.4 is 9.64 Å². The topological polar surface area (TPSA) is 80.7 Å². The fraction of sp³-hybridized carbons (Fsp3) is 0.500. The largest absolute Gasteiger partial charge is 0.441 e. The van der Waals surface area contributed by atoms with Gasteiger partial charge in [0.1, 0.15) is 17.7 Å². The second kappa shape index (κ2) is 7.26. The fourth-order valence-electron chi connectivity index (χ4n) is 3.96. The van der Waals surface area contributed by atoms with Crippen LogP contribution in [-0.2, 0) is 4.74 Å². The van der Waals surface area contributed by atoms with Crippen LogP contribution in [0.3, 0.4) is 0 Å². The molecule has 0 unspecified atom stereocenters. The average Bonchev–Trinajstić information content (AvgIpc) is 2.83. The minimum Gasteiger partial charge on any atom is -0.441 e. The number of nitrogens with zero attached hydrogens (tertiary/aromatic N) is 5. The Labute approximate surface area is 164 Å². The molecule has 1 atom stereocenters. The third-order valence-corrected chi connectivity index (χ3v) is 5.51. The summed E-state index contributed by atoms with van der Waals surface area (Å²) in [7, 11) is 1.79. The van der Waals surface area contributed by atoms with Gasteiger partial charge in [-0.05, 0) is 38.8 Å². The number of rotatable bonds is 3. The monoisotopic (exact) mass is 383 g/mol. The molecule has 8 nitrogen and oxygen atoms in total. The summed E-state index contributed by atoms with van der Waals surface area (Å²) in [6, 6.07) is 3.72. The van der Waals surface area contributed by atoms with Gasteiger partial charge in [-0.15, -0.1) is 0 Å². The van der Waals surface area contributed by atoms with Crippen LogP contribution in [0.5, 0.6) is 11.6 Å². The van der Waals surface area contributed by atoms with E-state index < -0.39 is 0 Å². The van der Waals surface area contributed by atoms with E-state index in [1.54, 1.807) is 18.1 Å². The zero-order chi connectivity index (χ0) is 19.7. The third-order valence-electron chi connectivity index (χ3n) is 5.51. The number of likely N-dealkylation sites (N-methyl/N-ethyl adjacent to an activating group) is 1. The molecule has 4 heterocycles. The van der Waals surface area contributed by atoms with Crippen LogP contribution in [0.25, 0.3) is 0 Å². The Kier molecular flexibility index (Phi) is 4.78. The van der Waals surface area contributed by atoms with Crippen LogP contribution >= 0.6 is 0 Å². The summed E-state index contributed by atoms with van der Waals surface area (Å²) in [5, 5.41) is 0. The lowest BCUT2D eigenvalue weighted by atomic mass is 9.95. The minimum absolute atomic E-state index is 0.228. The van der Waals surface area contributed by atoms with E-state index in [2.05, 4.69) is 19.9 Å². The average molecular weight is 383 g/mol. The summed E-state index contributed by atoms with van der Waals surface area (Å²) < 4.78 is 11.7. The first-order chi connectivity index (χ1) is 13.5. The van der Waals surface area contributed by atoms with Crippen molar-refractivity contribution in [2.45, 2.75) is 38.7 Å². The smallest absolute Gasteiger partial charge is 0.410 e. The van der Waals surface area contributed by atoms with E-state index in [0.29, 0.717) is 18.2 Å². The van der Waals surface area contributed by atoms with E-state index in [-0.39, 0.29) is 11.7 Å². The highest BCUT2D eigenvalue weighted by molar-refractivity contribution is 5.70. The first-order valence-corrected chi connectivity index (χ1v) is 9.58. The van der Waals surface area contributed by atoms with Crippen molar-refractivity contribution in [3.8, 4) is 11.6 Å². The van der Waals surface area contributed by atoms with Gasteiger partial charge in [-0.3, -0.25) is 4.98 Å². The molecule has 28 heavy (non-hydrogen) atoms. The molecule has 2 aromatic rings. The molecule has 0 aliphatic carbocycles. The zero-order valence-corrected chi connectivity index (χ0v) is 16.5. The first-order valence-electron chi connectivity index (χ1n) is 9.58. The summed E-state index contributed by atoms with van der Waals surface area (Å²) in [5.41, 5.74) is 1.32. The van der Waals surface area contributed by atoms with E-state index in [1.165, 1.54) is 6.33 Å². The van der Waals surface area contributed by atoms with E-state index in [0.717, 1.165) is 49.4 Å². The standard InChI is InChI=1S/C20H25N5O3/c1-14-17(22-13-23-18(14)27-16-6-4-9-21-15(16)2)25-10-5-7-20(8-11-25)12-24(3)19(26)28-20/h4,6,9,13H,5,7-8,10-12H2,1-3H3/t20-/m0/s1. The molecule has 0 saturated carbocycles. The van der Waals surface area contributed by atoms with Gasteiger partial charge in [0, 0.05) is 32.8 Å². The summed E-state index contributed by atoms with van der Waals surface area (Å²) in [4.78, 5) is 28.8. The van der Waals surface area contributed by atoms with Crippen molar-refractivity contribution in [1.82, 2.24) is 19.9 Å². The summed E-state index contributed by atoms with van der Waals surface area (Å²) >= 11 is 0. The van der Waals surface area contributed by atoms with Crippen molar-refractivity contribution in [2.24, 2.45) is 0 Å². The van der Waals surface area contributed by atoms with Gasteiger partial charge in [-0.25, -0.2) is 14.8 Å². The molecule has 2 aliphatic rings. The Morgan fingerprint density at radius 2 is 2.04 bits per heavy atom. The maximum atomic E-state index is 11.9. The highest BCUT2D eigenvalue weighted by Gasteiger charge is 2.44. The van der Waals surface area contributed by atoms with Crippen molar-refractivity contribution >= 4 is 11.9 Å². The number of anilines is 1. The van der Waals surface area contributed by atoms with Gasteiger partial charge in [0.15, 0.2) is 5.75 Å². The summed E-state index contributed by atoms with van der Waals surface area (Å²) in [5.74, 6) is 2.08. The molecule has 148 valence electrons. The van der Waals surface area contributed by atoms with Crippen molar-refractivity contribution in [3.63, 3.8) is 0 Å². The highest BCUT2D eigenvalue weighted by atomic mass is 16.6. The van der Waals surface area contributed by atoms with E-state index in [9.17, 15) is 4.79 Å². The SMILES string of the molecule is Cc1ncccc1Oc1ncnc(N2CCC[C@]3(CC2)CN(C)C(=O)O3)c1C. The maximum Gasteiger partial charge on any atom is 0.410 e. The second-order valence-corrected chi connectivity index (χ2v) is 7.56. The molecule has 1 spiro atoms. The van der Waals surface area contributed by atoms with Crippen molar-refractivity contribution in [3.05, 3.63) is 35.9 Å². The fourth-order valence-corrected chi connectivity index (χ4v) is 3.96. The normalized spacial score (nSPS) is 22.3. The van der Waals surface area contributed by atoms with E-state index in [1.807, 2.05) is 26.0 Å². The van der Waals surface area contributed by atoms with Crippen molar-refractivity contribution in [1.29, 1.82) is 0 Å². The molecular formula is C20H25N5O3. The predicted octanol–water partition coefficient (Wildman–Crippen LogP) is 3.09. The number of pyridine rings is 1. The molecule has 8 heteroatoms. The Balaban J connectivity index is 1.53. The summed E-state index contributed by atoms with van der Waals surface area (Å²) in [6.45, 7) is 6.15. The Hall–Kier alpha value is -2.90. The first kappa shape index (κ1) is 18.5. The summed E-state index contributed by atoms with van der Waals surface area (Å²) in [6.07, 6.45) is 5.62. The maximum absolute atomic E-state index is 11.9. The molecule has 2 saturated heterocycles. The van der Waals surface area contributed by atoms with Gasteiger partial charge >= 0.3 is 6.09 Å². The van der Waals surface area contributed by atoms with Crippen LogP contribution in [-0.4, -0.2) is 58.2 Å². The number of amides is 1. The Bertz CT molecular complexity index is 890. The number of aryl methyl sites for hydroxylation is 1. The number of ether oxygens (including phenoxy) is 2. The van der Waals surface area contributed by atoms with Gasteiger partial charge in [0.05, 0.1) is 17.8 Å². The molecule has 2 aliphatic heterocycles. The van der Waals surface area contributed by atoms with Crippen molar-refractivity contribution in [2.75, 3.05) is 31.6 Å². The number of hydrogen-bond acceptors (Lipinski definition) is 7. The van der Waals surface area contributed by atoms with Gasteiger partial charge in [0.25, 0.3) is 0 Å². The molecular weight excluding hydrogens is 358 g/mol. The highest BCUT2D eigenvalue weighted by Crippen LogP contribution is 2.35. The molecule has 0 N–H and O–H groups in total. The molecule has 2 fully saturated rings. The van der Waals surface area contributed by atoms with Crippen LogP contribution in [0.2, 0.25) is 0 Å². The van der Waals surface area contributed by atoms with Crippen LogP contribution in [0.15, 0.2) is 24.7 Å². The van der Waals surface area contributed by atoms with Crippen LogP contribution in [0.4, 0.5) is 10.6 Å². The Morgan fingerprint density at radius 1 is 1.18 bits per heavy atom. The molecule has 2 aromatic heterocycles. The minimum atomic E-state index is -0.381. The molecule has 4 rings (SSSR count). The van der Waals surface area contributed by atoms with E-state index in [4.69, 9.17) is 9.47 Å². The second-order valence-electron chi connectivity index (χ2n) is 7.56. The van der Waals surface area contributed by atoms with Crippen LogP contribution in [0.1, 0.15) is 30.5 Å². The molecule has 1 amide bonds. The quantitative estimate of drug-likeness (QED) is 0.805. The molecule has 0 aromatic carbocycles.